The fourth-order valence-corrected chi connectivity index (χ4v) is 3.49. The van der Waals surface area contributed by atoms with Crippen molar-refractivity contribution in [1.29, 1.82) is 0 Å². The molecule has 1 aliphatic heterocycles. The van der Waals surface area contributed by atoms with E-state index in [2.05, 4.69) is 5.32 Å². The third kappa shape index (κ3) is 5.02. The number of hydrogen-bond acceptors (Lipinski definition) is 2. The van der Waals surface area contributed by atoms with Gasteiger partial charge in [-0.15, -0.1) is 0 Å². The van der Waals surface area contributed by atoms with Gasteiger partial charge in [0.15, 0.2) is 0 Å². The first-order valence-corrected chi connectivity index (χ1v) is 9.25. The largest absolute Gasteiger partial charge is 0.418 e. The van der Waals surface area contributed by atoms with E-state index in [9.17, 15) is 22.4 Å². The topological polar surface area (TPSA) is 32.3 Å². The molecule has 1 amide bonds. The van der Waals surface area contributed by atoms with Crippen LogP contribution in [0.4, 0.5) is 23.2 Å². The number of rotatable bonds is 4. The molecule has 0 radical (unpaired) electrons. The number of nitrogens with one attached hydrogen (secondary N) is 1. The molecule has 0 unspecified atom stereocenters. The minimum Gasteiger partial charge on any atom is -0.325 e. The maximum absolute atomic E-state index is 13.8. The minimum atomic E-state index is -4.61. The summed E-state index contributed by atoms with van der Waals surface area (Å²) in [5.74, 6) is -1.11. The monoisotopic (exact) mass is 414 g/mol. The summed E-state index contributed by atoms with van der Waals surface area (Å²) in [6.07, 6.45) is -3.62. The summed E-state index contributed by atoms with van der Waals surface area (Å²) >= 11 is 5.66. The summed E-state index contributed by atoms with van der Waals surface area (Å²) in [6.45, 7) is 1.58. The second-order valence-corrected chi connectivity index (χ2v) is 7.26. The predicted octanol–water partition coefficient (Wildman–Crippen LogP) is 5.35. The summed E-state index contributed by atoms with van der Waals surface area (Å²) in [7, 11) is 0. The lowest BCUT2D eigenvalue weighted by molar-refractivity contribution is -0.137. The maximum Gasteiger partial charge on any atom is 0.418 e. The van der Waals surface area contributed by atoms with Gasteiger partial charge in [-0.05, 0) is 50.2 Å². The summed E-state index contributed by atoms with van der Waals surface area (Å²) in [5.41, 5.74) is -0.678. The van der Waals surface area contributed by atoms with Gasteiger partial charge in [-0.25, -0.2) is 4.39 Å². The standard InChI is InChI=1S/C20H19ClF4N2O/c21-15-5-6-18(16(11-15)20(23,24)25)26-19(28)13-7-9-27(10-8-13)12-14-3-1-2-4-17(14)22/h1-6,11,13H,7-10,12H2,(H,26,28). The average molecular weight is 415 g/mol. The van der Waals surface area contributed by atoms with Crippen LogP contribution in [0.5, 0.6) is 0 Å². The Bertz CT molecular complexity index is 848. The molecule has 0 saturated carbocycles. The van der Waals surface area contributed by atoms with Crippen LogP contribution >= 0.6 is 11.6 Å². The molecule has 3 nitrogen and oxygen atoms in total. The van der Waals surface area contributed by atoms with Gasteiger partial charge in [0.2, 0.25) is 5.91 Å². The summed E-state index contributed by atoms with van der Waals surface area (Å²) in [6, 6.07) is 9.78. The molecule has 0 aliphatic carbocycles. The molecule has 150 valence electrons. The van der Waals surface area contributed by atoms with Crippen molar-refractivity contribution in [1.82, 2.24) is 4.90 Å². The highest BCUT2D eigenvalue weighted by Gasteiger charge is 2.35. The number of hydrogen-bond donors (Lipinski definition) is 1. The number of carbonyl (C=O) groups is 1. The molecular formula is C20H19ClF4N2O. The van der Waals surface area contributed by atoms with E-state index in [1.165, 1.54) is 12.1 Å². The molecule has 0 aromatic heterocycles. The molecule has 2 aromatic rings. The number of anilines is 1. The van der Waals surface area contributed by atoms with E-state index in [1.54, 1.807) is 18.2 Å². The molecule has 1 N–H and O–H groups in total. The lowest BCUT2D eigenvalue weighted by atomic mass is 9.95. The molecule has 2 aromatic carbocycles. The van der Waals surface area contributed by atoms with Gasteiger partial charge in [0.1, 0.15) is 5.82 Å². The smallest absolute Gasteiger partial charge is 0.325 e. The molecule has 28 heavy (non-hydrogen) atoms. The van der Waals surface area contributed by atoms with Gasteiger partial charge in [-0.1, -0.05) is 29.8 Å². The fraction of sp³-hybridized carbons (Fsp3) is 0.350. The van der Waals surface area contributed by atoms with Crippen LogP contribution in [0.15, 0.2) is 42.5 Å². The summed E-state index contributed by atoms with van der Waals surface area (Å²) in [4.78, 5) is 14.5. The fourth-order valence-electron chi connectivity index (χ4n) is 3.32. The zero-order valence-electron chi connectivity index (χ0n) is 14.9. The highest BCUT2D eigenvalue weighted by Crippen LogP contribution is 2.37. The van der Waals surface area contributed by atoms with Crippen LogP contribution in [0, 0.1) is 11.7 Å². The number of alkyl halides is 3. The first-order valence-electron chi connectivity index (χ1n) is 8.87. The quantitative estimate of drug-likeness (QED) is 0.684. The zero-order valence-corrected chi connectivity index (χ0v) is 15.7. The van der Waals surface area contributed by atoms with Gasteiger partial charge in [0, 0.05) is 23.0 Å². The van der Waals surface area contributed by atoms with Crippen molar-refractivity contribution >= 4 is 23.2 Å². The summed E-state index contributed by atoms with van der Waals surface area (Å²) < 4.78 is 53.3. The van der Waals surface area contributed by atoms with Crippen molar-refractivity contribution in [3.63, 3.8) is 0 Å². The number of carbonyl (C=O) groups excluding carboxylic acids is 1. The Morgan fingerprint density at radius 1 is 1.14 bits per heavy atom. The molecule has 1 fully saturated rings. The van der Waals surface area contributed by atoms with Crippen molar-refractivity contribution in [2.24, 2.45) is 5.92 Å². The SMILES string of the molecule is O=C(Nc1ccc(Cl)cc1C(F)(F)F)C1CCN(Cc2ccccc2F)CC1. The predicted molar refractivity (Wildman–Crippen MR) is 99.5 cm³/mol. The lowest BCUT2D eigenvalue weighted by Crippen LogP contribution is -2.38. The van der Waals surface area contributed by atoms with E-state index in [0.717, 1.165) is 12.1 Å². The Morgan fingerprint density at radius 3 is 2.46 bits per heavy atom. The summed E-state index contributed by atoms with van der Waals surface area (Å²) in [5, 5.41) is 2.34. The van der Waals surface area contributed by atoms with Gasteiger partial charge in [0.05, 0.1) is 11.3 Å². The van der Waals surface area contributed by atoms with Crippen LogP contribution in [-0.4, -0.2) is 23.9 Å². The number of piperidine rings is 1. The Hall–Kier alpha value is -2.12. The van der Waals surface area contributed by atoms with Gasteiger partial charge >= 0.3 is 6.18 Å². The average Bonchev–Trinajstić information content (AvgIpc) is 2.65. The van der Waals surface area contributed by atoms with Gasteiger partial charge in [-0.2, -0.15) is 13.2 Å². The molecule has 0 spiro atoms. The highest BCUT2D eigenvalue weighted by atomic mass is 35.5. The van der Waals surface area contributed by atoms with Crippen molar-refractivity contribution in [3.8, 4) is 0 Å². The number of benzene rings is 2. The number of amides is 1. The molecule has 1 aliphatic rings. The third-order valence-corrected chi connectivity index (χ3v) is 5.09. The van der Waals surface area contributed by atoms with E-state index >= 15 is 0 Å². The van der Waals surface area contributed by atoms with Crippen LogP contribution in [0.2, 0.25) is 5.02 Å². The van der Waals surface area contributed by atoms with Gasteiger partial charge < -0.3 is 5.32 Å². The second-order valence-electron chi connectivity index (χ2n) is 6.82. The zero-order chi connectivity index (χ0) is 20.3. The number of likely N-dealkylation sites (tertiary alicyclic amines) is 1. The van der Waals surface area contributed by atoms with Crippen molar-refractivity contribution in [2.75, 3.05) is 18.4 Å². The Morgan fingerprint density at radius 2 is 1.82 bits per heavy atom. The Balaban J connectivity index is 1.60. The first-order chi connectivity index (χ1) is 13.2. The number of nitrogens with zero attached hydrogens (tertiary/aromatic N) is 1. The molecular weight excluding hydrogens is 396 g/mol. The van der Waals surface area contributed by atoms with Crippen molar-refractivity contribution in [2.45, 2.75) is 25.6 Å². The normalized spacial score (nSPS) is 16.2. The molecule has 8 heteroatoms. The molecule has 0 bridgehead atoms. The molecule has 3 rings (SSSR count). The minimum absolute atomic E-state index is 0.0493. The van der Waals surface area contributed by atoms with Gasteiger partial charge in [-0.3, -0.25) is 9.69 Å². The van der Waals surface area contributed by atoms with Crippen LogP contribution < -0.4 is 5.32 Å². The van der Waals surface area contributed by atoms with Crippen LogP contribution in [0.1, 0.15) is 24.0 Å². The Kier molecular flexibility index (Phi) is 6.25. The van der Waals surface area contributed by atoms with E-state index < -0.39 is 23.6 Å². The van der Waals surface area contributed by atoms with E-state index in [-0.39, 0.29) is 16.5 Å². The highest BCUT2D eigenvalue weighted by molar-refractivity contribution is 6.30. The third-order valence-electron chi connectivity index (χ3n) is 4.86. The van der Waals surface area contributed by atoms with E-state index in [4.69, 9.17) is 11.6 Å². The van der Waals surface area contributed by atoms with Crippen molar-refractivity contribution < 1.29 is 22.4 Å². The molecule has 1 heterocycles. The number of halogens is 5. The van der Waals surface area contributed by atoms with Gasteiger partial charge in [0.25, 0.3) is 0 Å². The van der Waals surface area contributed by atoms with Crippen molar-refractivity contribution in [3.05, 3.63) is 64.4 Å². The van der Waals surface area contributed by atoms with Crippen LogP contribution in [0.25, 0.3) is 0 Å². The van der Waals surface area contributed by atoms with E-state index in [1.807, 2.05) is 4.90 Å². The second kappa shape index (κ2) is 8.49. The van der Waals surface area contributed by atoms with Crippen LogP contribution in [-0.2, 0) is 17.5 Å². The van der Waals surface area contributed by atoms with E-state index in [0.29, 0.717) is 38.0 Å². The lowest BCUT2D eigenvalue weighted by Gasteiger charge is -2.31. The first kappa shape index (κ1) is 20.6. The maximum atomic E-state index is 13.8. The van der Waals surface area contributed by atoms with Crippen LogP contribution in [0.3, 0.4) is 0 Å². The Labute approximate surface area is 165 Å². The molecule has 0 atom stereocenters. The molecule has 1 saturated heterocycles.